The lowest BCUT2D eigenvalue weighted by Gasteiger charge is -2.18. The third kappa shape index (κ3) is 3.55. The quantitative estimate of drug-likeness (QED) is 0.742. The van der Waals surface area contributed by atoms with Crippen molar-refractivity contribution < 1.29 is 0 Å². The second-order valence-corrected chi connectivity index (χ2v) is 4.48. The summed E-state index contributed by atoms with van der Waals surface area (Å²) in [6.07, 6.45) is 0. The maximum absolute atomic E-state index is 5.50. The van der Waals surface area contributed by atoms with Gasteiger partial charge in [-0.2, -0.15) is 15.0 Å². The summed E-state index contributed by atoms with van der Waals surface area (Å²) in [5, 5.41) is 3.12. The maximum Gasteiger partial charge on any atom is 0.227 e. The smallest absolute Gasteiger partial charge is 0.227 e. The molecule has 3 N–H and O–H groups in total. The van der Waals surface area contributed by atoms with E-state index in [0.29, 0.717) is 11.8 Å². The summed E-state index contributed by atoms with van der Waals surface area (Å²) in [6, 6.07) is 0. The van der Waals surface area contributed by atoms with Crippen LogP contribution in [0.4, 0.5) is 11.9 Å². The summed E-state index contributed by atoms with van der Waals surface area (Å²) < 4.78 is 0. The lowest BCUT2D eigenvalue weighted by Crippen LogP contribution is -2.20. The Morgan fingerprint density at radius 3 is 2.36 bits per heavy atom. The van der Waals surface area contributed by atoms with E-state index in [-0.39, 0.29) is 11.4 Å². The molecule has 0 bridgehead atoms. The molecule has 0 aliphatic carbocycles. The van der Waals surface area contributed by atoms with Gasteiger partial charge in [-0.3, -0.25) is 0 Å². The molecule has 0 saturated carbocycles. The largest absolute Gasteiger partial charge is 0.368 e. The molecule has 1 aromatic rings. The zero-order chi connectivity index (χ0) is 10.8. The van der Waals surface area contributed by atoms with Crippen molar-refractivity contribution >= 4 is 11.9 Å². The maximum atomic E-state index is 5.50. The summed E-state index contributed by atoms with van der Waals surface area (Å²) in [7, 11) is 0. The van der Waals surface area contributed by atoms with Crippen LogP contribution in [-0.4, -0.2) is 21.5 Å². The highest BCUT2D eigenvalue weighted by Gasteiger charge is 2.10. The standard InChI is InChI=1S/C9H17N5/c1-6-12-7(10)14-8(13-6)11-5-9(2,3)4/h5H2,1-4H3,(H3,10,11,12,13,14). The van der Waals surface area contributed by atoms with Crippen LogP contribution in [0.2, 0.25) is 0 Å². The first-order valence-corrected chi connectivity index (χ1v) is 4.59. The highest BCUT2D eigenvalue weighted by Crippen LogP contribution is 2.13. The van der Waals surface area contributed by atoms with Crippen LogP contribution in [0.15, 0.2) is 0 Å². The van der Waals surface area contributed by atoms with Gasteiger partial charge >= 0.3 is 0 Å². The van der Waals surface area contributed by atoms with E-state index in [4.69, 9.17) is 5.73 Å². The zero-order valence-electron chi connectivity index (χ0n) is 9.13. The van der Waals surface area contributed by atoms with E-state index in [1.54, 1.807) is 6.92 Å². The van der Waals surface area contributed by atoms with Crippen molar-refractivity contribution in [3.05, 3.63) is 5.82 Å². The Balaban J connectivity index is 2.68. The van der Waals surface area contributed by atoms with Crippen molar-refractivity contribution in [1.29, 1.82) is 0 Å². The molecule has 0 fully saturated rings. The van der Waals surface area contributed by atoms with Crippen LogP contribution in [0.25, 0.3) is 0 Å². The normalized spacial score (nSPS) is 11.4. The second kappa shape index (κ2) is 3.77. The molecule has 1 aromatic heterocycles. The fourth-order valence-electron chi connectivity index (χ4n) is 0.926. The molecule has 78 valence electrons. The lowest BCUT2D eigenvalue weighted by atomic mass is 9.97. The van der Waals surface area contributed by atoms with Crippen molar-refractivity contribution in [2.45, 2.75) is 27.7 Å². The number of hydrogen-bond donors (Lipinski definition) is 2. The van der Waals surface area contributed by atoms with Crippen LogP contribution in [-0.2, 0) is 0 Å². The van der Waals surface area contributed by atoms with Gasteiger partial charge in [-0.25, -0.2) is 0 Å². The topological polar surface area (TPSA) is 76.7 Å². The van der Waals surface area contributed by atoms with E-state index in [2.05, 4.69) is 41.0 Å². The molecule has 1 rings (SSSR count). The van der Waals surface area contributed by atoms with Gasteiger partial charge in [-0.05, 0) is 12.3 Å². The van der Waals surface area contributed by atoms with Crippen LogP contribution >= 0.6 is 0 Å². The number of anilines is 2. The molecular formula is C9H17N5. The first-order valence-electron chi connectivity index (χ1n) is 4.59. The third-order valence-corrected chi connectivity index (χ3v) is 1.54. The first-order chi connectivity index (χ1) is 6.37. The van der Waals surface area contributed by atoms with Crippen LogP contribution in [0.1, 0.15) is 26.6 Å². The Morgan fingerprint density at radius 2 is 1.86 bits per heavy atom. The number of hydrogen-bond acceptors (Lipinski definition) is 5. The molecule has 0 aliphatic heterocycles. The highest BCUT2D eigenvalue weighted by atomic mass is 15.2. The Bertz CT molecular complexity index is 295. The van der Waals surface area contributed by atoms with Crippen molar-refractivity contribution in [3.8, 4) is 0 Å². The minimum Gasteiger partial charge on any atom is -0.368 e. The lowest BCUT2D eigenvalue weighted by molar-refractivity contribution is 0.441. The fourth-order valence-corrected chi connectivity index (χ4v) is 0.926. The molecule has 5 nitrogen and oxygen atoms in total. The summed E-state index contributed by atoms with van der Waals surface area (Å²) in [5.41, 5.74) is 5.69. The van der Waals surface area contributed by atoms with Crippen molar-refractivity contribution in [2.75, 3.05) is 17.6 Å². The van der Waals surface area contributed by atoms with Crippen molar-refractivity contribution in [1.82, 2.24) is 15.0 Å². The van der Waals surface area contributed by atoms with Crippen LogP contribution in [0.5, 0.6) is 0 Å². The van der Waals surface area contributed by atoms with E-state index in [0.717, 1.165) is 6.54 Å². The summed E-state index contributed by atoms with van der Waals surface area (Å²) in [6.45, 7) is 9.00. The minimum absolute atomic E-state index is 0.190. The molecule has 0 spiro atoms. The average molecular weight is 195 g/mol. The zero-order valence-corrected chi connectivity index (χ0v) is 9.13. The van der Waals surface area contributed by atoms with Crippen LogP contribution in [0.3, 0.4) is 0 Å². The molecule has 0 amide bonds. The number of aryl methyl sites for hydroxylation is 1. The predicted molar refractivity (Wildman–Crippen MR) is 56.9 cm³/mol. The third-order valence-electron chi connectivity index (χ3n) is 1.54. The van der Waals surface area contributed by atoms with Crippen LogP contribution < -0.4 is 11.1 Å². The summed E-state index contributed by atoms with van der Waals surface area (Å²) >= 11 is 0. The Labute approximate surface area is 84.2 Å². The number of nitrogens with one attached hydrogen (secondary N) is 1. The van der Waals surface area contributed by atoms with Gasteiger partial charge in [0.1, 0.15) is 5.82 Å². The van der Waals surface area contributed by atoms with Gasteiger partial charge in [0.15, 0.2) is 0 Å². The molecule has 0 atom stereocenters. The molecule has 14 heavy (non-hydrogen) atoms. The Hall–Kier alpha value is -1.39. The van der Waals surface area contributed by atoms with E-state index in [1.165, 1.54) is 0 Å². The minimum atomic E-state index is 0.190. The number of nitrogen functional groups attached to an aromatic ring is 1. The monoisotopic (exact) mass is 195 g/mol. The Kier molecular flexibility index (Phi) is 2.88. The fraction of sp³-hybridized carbons (Fsp3) is 0.667. The molecule has 5 heteroatoms. The van der Waals surface area contributed by atoms with Gasteiger partial charge in [0.25, 0.3) is 0 Å². The van der Waals surface area contributed by atoms with E-state index in [1.807, 2.05) is 0 Å². The average Bonchev–Trinajstić information content (AvgIpc) is 1.97. The van der Waals surface area contributed by atoms with E-state index >= 15 is 0 Å². The van der Waals surface area contributed by atoms with Gasteiger partial charge in [-0.1, -0.05) is 20.8 Å². The number of rotatable bonds is 2. The van der Waals surface area contributed by atoms with Crippen molar-refractivity contribution in [3.63, 3.8) is 0 Å². The SMILES string of the molecule is Cc1nc(N)nc(NCC(C)(C)C)n1. The molecule has 0 saturated heterocycles. The van der Waals surface area contributed by atoms with Gasteiger partial charge in [-0.15, -0.1) is 0 Å². The molecule has 0 radical (unpaired) electrons. The van der Waals surface area contributed by atoms with E-state index < -0.39 is 0 Å². The van der Waals surface area contributed by atoms with Gasteiger partial charge < -0.3 is 11.1 Å². The number of aromatic nitrogens is 3. The second-order valence-electron chi connectivity index (χ2n) is 4.48. The predicted octanol–water partition coefficient (Wildman–Crippen LogP) is 1.22. The number of nitrogens with zero attached hydrogens (tertiary/aromatic N) is 3. The van der Waals surface area contributed by atoms with Gasteiger partial charge in [0.2, 0.25) is 11.9 Å². The highest BCUT2D eigenvalue weighted by molar-refractivity contribution is 5.30. The van der Waals surface area contributed by atoms with Gasteiger partial charge in [0.05, 0.1) is 0 Å². The molecule has 0 unspecified atom stereocenters. The van der Waals surface area contributed by atoms with Crippen molar-refractivity contribution in [2.24, 2.45) is 5.41 Å². The van der Waals surface area contributed by atoms with Crippen LogP contribution in [0, 0.1) is 12.3 Å². The van der Waals surface area contributed by atoms with Gasteiger partial charge in [0, 0.05) is 6.54 Å². The molecular weight excluding hydrogens is 178 g/mol. The summed E-state index contributed by atoms with van der Waals surface area (Å²) in [4.78, 5) is 12.0. The number of nitrogens with two attached hydrogens (primary N) is 1. The Morgan fingerprint density at radius 1 is 1.21 bits per heavy atom. The first kappa shape index (κ1) is 10.7. The van der Waals surface area contributed by atoms with E-state index in [9.17, 15) is 0 Å². The molecule has 1 heterocycles. The summed E-state index contributed by atoms with van der Waals surface area (Å²) in [5.74, 6) is 1.44. The molecule has 0 aromatic carbocycles. The molecule has 0 aliphatic rings.